The molecule has 1 amide bonds. The van der Waals surface area contributed by atoms with E-state index in [0.717, 1.165) is 0 Å². The summed E-state index contributed by atoms with van der Waals surface area (Å²) in [5.41, 5.74) is 1.43. The van der Waals surface area contributed by atoms with Crippen molar-refractivity contribution >= 4 is 23.1 Å². The minimum absolute atomic E-state index is 0.204. The van der Waals surface area contributed by atoms with Crippen LogP contribution < -0.4 is 24.8 Å². The molecule has 1 heterocycles. The van der Waals surface area contributed by atoms with Crippen LogP contribution in [0.15, 0.2) is 54.9 Å². The molecule has 29 heavy (non-hydrogen) atoms. The summed E-state index contributed by atoms with van der Waals surface area (Å²) >= 11 is 0. The van der Waals surface area contributed by atoms with Crippen LogP contribution in [0.2, 0.25) is 0 Å². The van der Waals surface area contributed by atoms with Crippen molar-refractivity contribution in [3.05, 3.63) is 60.6 Å². The first-order valence-electron chi connectivity index (χ1n) is 8.99. The molecule has 0 saturated carbocycles. The van der Waals surface area contributed by atoms with Crippen LogP contribution in [0, 0.1) is 0 Å². The Morgan fingerprint density at radius 3 is 2.55 bits per heavy atom. The van der Waals surface area contributed by atoms with E-state index in [0.29, 0.717) is 41.0 Å². The van der Waals surface area contributed by atoms with Crippen LogP contribution >= 0.6 is 0 Å². The maximum atomic E-state index is 12.7. The molecule has 8 nitrogen and oxygen atoms in total. The fourth-order valence-corrected chi connectivity index (χ4v) is 2.64. The predicted molar refractivity (Wildman–Crippen MR) is 110 cm³/mol. The first-order valence-corrected chi connectivity index (χ1v) is 8.99. The van der Waals surface area contributed by atoms with Crippen molar-refractivity contribution in [3.8, 4) is 17.2 Å². The molecule has 3 aromatic rings. The zero-order valence-corrected chi connectivity index (χ0v) is 16.4. The number of methoxy groups -OCH3 is 2. The van der Waals surface area contributed by atoms with Gasteiger partial charge in [-0.2, -0.15) is 0 Å². The largest absolute Gasteiger partial charge is 0.497 e. The first-order chi connectivity index (χ1) is 14.1. The van der Waals surface area contributed by atoms with Gasteiger partial charge in [-0.1, -0.05) is 12.1 Å². The van der Waals surface area contributed by atoms with Crippen LogP contribution in [0.5, 0.6) is 17.2 Å². The van der Waals surface area contributed by atoms with Crippen LogP contribution in [-0.4, -0.2) is 36.7 Å². The number of nitrogens with one attached hydrogen (secondary N) is 2. The Bertz CT molecular complexity index is 994. The summed E-state index contributed by atoms with van der Waals surface area (Å²) < 4.78 is 16.1. The predicted octanol–water partition coefficient (Wildman–Crippen LogP) is 3.89. The molecule has 150 valence electrons. The number of benzene rings is 2. The third-order valence-electron chi connectivity index (χ3n) is 4.00. The number of carbonyl (C=O) groups excluding carboxylic acids is 1. The molecule has 0 fully saturated rings. The molecule has 0 aliphatic heterocycles. The number of ether oxygens (including phenoxy) is 3. The van der Waals surface area contributed by atoms with Crippen molar-refractivity contribution in [3.63, 3.8) is 0 Å². The van der Waals surface area contributed by atoms with E-state index in [1.807, 2.05) is 19.1 Å². The lowest BCUT2D eigenvalue weighted by Gasteiger charge is -2.13. The summed E-state index contributed by atoms with van der Waals surface area (Å²) in [4.78, 5) is 20.9. The van der Waals surface area contributed by atoms with Crippen LogP contribution in [0.3, 0.4) is 0 Å². The molecule has 8 heteroatoms. The van der Waals surface area contributed by atoms with Crippen LogP contribution in [0.25, 0.3) is 0 Å². The number of carbonyl (C=O) groups is 1. The second-order valence-corrected chi connectivity index (χ2v) is 5.86. The van der Waals surface area contributed by atoms with Gasteiger partial charge in [0.1, 0.15) is 35.1 Å². The van der Waals surface area contributed by atoms with Crippen molar-refractivity contribution in [2.24, 2.45) is 0 Å². The van der Waals surface area contributed by atoms with Gasteiger partial charge in [0.2, 0.25) is 0 Å². The minimum atomic E-state index is -0.375. The van der Waals surface area contributed by atoms with Crippen molar-refractivity contribution in [1.82, 2.24) is 9.97 Å². The fourth-order valence-electron chi connectivity index (χ4n) is 2.64. The summed E-state index contributed by atoms with van der Waals surface area (Å²) in [5, 5.41) is 5.95. The van der Waals surface area contributed by atoms with Gasteiger partial charge in [-0.15, -0.1) is 0 Å². The van der Waals surface area contributed by atoms with Gasteiger partial charge >= 0.3 is 0 Å². The number of amides is 1. The standard InChI is InChI=1S/C21H22N4O4/c1-4-29-19-8-6-5-7-15(19)25-21(26)17-12-20(23-13-22-17)24-16-11-14(27-2)9-10-18(16)28-3/h5-13H,4H2,1-3H3,(H,25,26)(H,22,23,24). The average Bonchev–Trinajstić information content (AvgIpc) is 2.75. The third kappa shape index (κ3) is 4.92. The Morgan fingerprint density at radius 2 is 1.79 bits per heavy atom. The molecule has 1 aromatic heterocycles. The quantitative estimate of drug-likeness (QED) is 0.598. The molecule has 0 spiro atoms. The maximum Gasteiger partial charge on any atom is 0.274 e. The Hall–Kier alpha value is -3.81. The molecule has 0 aliphatic rings. The number of aromatic nitrogens is 2. The highest BCUT2D eigenvalue weighted by molar-refractivity contribution is 6.04. The average molecular weight is 394 g/mol. The molecular weight excluding hydrogens is 372 g/mol. The second-order valence-electron chi connectivity index (χ2n) is 5.86. The van der Waals surface area contributed by atoms with E-state index < -0.39 is 0 Å². The topological polar surface area (TPSA) is 94.6 Å². The summed E-state index contributed by atoms with van der Waals surface area (Å²) in [6.45, 7) is 2.38. The lowest BCUT2D eigenvalue weighted by molar-refractivity contribution is 0.102. The van der Waals surface area contributed by atoms with Crippen LogP contribution in [-0.2, 0) is 0 Å². The molecular formula is C21H22N4O4. The Labute approximate surface area is 168 Å². The SMILES string of the molecule is CCOc1ccccc1NC(=O)c1cc(Nc2cc(OC)ccc2OC)ncn1. The van der Waals surface area contributed by atoms with Gasteiger partial charge in [0.05, 0.1) is 32.2 Å². The highest BCUT2D eigenvalue weighted by Gasteiger charge is 2.13. The smallest absolute Gasteiger partial charge is 0.274 e. The van der Waals surface area contributed by atoms with E-state index in [2.05, 4.69) is 20.6 Å². The zero-order chi connectivity index (χ0) is 20.6. The highest BCUT2D eigenvalue weighted by atomic mass is 16.5. The lowest BCUT2D eigenvalue weighted by Crippen LogP contribution is -2.15. The molecule has 0 radical (unpaired) electrons. The fraction of sp³-hybridized carbons (Fsp3) is 0.190. The lowest BCUT2D eigenvalue weighted by atomic mass is 10.2. The number of hydrogen-bond donors (Lipinski definition) is 2. The van der Waals surface area contributed by atoms with E-state index >= 15 is 0 Å². The molecule has 2 N–H and O–H groups in total. The van der Waals surface area contributed by atoms with Gasteiger partial charge in [0.15, 0.2) is 0 Å². The van der Waals surface area contributed by atoms with Crippen LogP contribution in [0.4, 0.5) is 17.2 Å². The normalized spacial score (nSPS) is 10.2. The number of hydrogen-bond acceptors (Lipinski definition) is 7. The third-order valence-corrected chi connectivity index (χ3v) is 4.00. The van der Waals surface area contributed by atoms with Gasteiger partial charge in [-0.05, 0) is 31.2 Å². The molecule has 0 bridgehead atoms. The molecule has 0 saturated heterocycles. The minimum Gasteiger partial charge on any atom is -0.497 e. The van der Waals surface area contributed by atoms with Crippen LogP contribution in [0.1, 0.15) is 17.4 Å². The number of para-hydroxylation sites is 2. The van der Waals surface area contributed by atoms with E-state index in [-0.39, 0.29) is 11.6 Å². The van der Waals surface area contributed by atoms with E-state index in [9.17, 15) is 4.79 Å². The van der Waals surface area contributed by atoms with Gasteiger partial charge in [0, 0.05) is 12.1 Å². The summed E-state index contributed by atoms with van der Waals surface area (Å²) in [5.74, 6) is 1.93. The first kappa shape index (κ1) is 19.9. The molecule has 3 rings (SSSR count). The van der Waals surface area contributed by atoms with Gasteiger partial charge in [-0.25, -0.2) is 9.97 Å². The number of anilines is 3. The van der Waals surface area contributed by atoms with E-state index in [1.54, 1.807) is 50.6 Å². The van der Waals surface area contributed by atoms with Crippen molar-refractivity contribution in [1.29, 1.82) is 0 Å². The number of rotatable bonds is 8. The molecule has 0 aliphatic carbocycles. The molecule has 2 aromatic carbocycles. The molecule has 0 atom stereocenters. The second kappa shape index (κ2) is 9.41. The van der Waals surface area contributed by atoms with Gasteiger partial charge in [0.25, 0.3) is 5.91 Å². The Morgan fingerprint density at radius 1 is 0.966 bits per heavy atom. The summed E-state index contributed by atoms with van der Waals surface area (Å²) in [7, 11) is 3.15. The van der Waals surface area contributed by atoms with Crippen molar-refractivity contribution < 1.29 is 19.0 Å². The highest BCUT2D eigenvalue weighted by Crippen LogP contribution is 2.31. The number of nitrogens with zero attached hydrogens (tertiary/aromatic N) is 2. The summed E-state index contributed by atoms with van der Waals surface area (Å²) in [6.07, 6.45) is 1.32. The van der Waals surface area contributed by atoms with E-state index in [4.69, 9.17) is 14.2 Å². The Kier molecular flexibility index (Phi) is 6.47. The van der Waals surface area contributed by atoms with E-state index in [1.165, 1.54) is 6.33 Å². The van der Waals surface area contributed by atoms with Crippen molar-refractivity contribution in [2.75, 3.05) is 31.5 Å². The van der Waals surface area contributed by atoms with Gasteiger partial charge in [-0.3, -0.25) is 4.79 Å². The van der Waals surface area contributed by atoms with Gasteiger partial charge < -0.3 is 24.8 Å². The monoisotopic (exact) mass is 394 g/mol. The van der Waals surface area contributed by atoms with Crippen molar-refractivity contribution in [2.45, 2.75) is 6.92 Å². The zero-order valence-electron chi connectivity index (χ0n) is 16.4. The maximum absolute atomic E-state index is 12.7. The summed E-state index contributed by atoms with van der Waals surface area (Å²) in [6, 6.07) is 14.1. The Balaban J connectivity index is 1.80. The molecule has 0 unspecified atom stereocenters.